The molecule has 4 nitrogen and oxygen atoms in total. The van der Waals surface area contributed by atoms with Gasteiger partial charge in [0.1, 0.15) is 6.04 Å². The molecule has 0 aliphatic heterocycles. The lowest BCUT2D eigenvalue weighted by Crippen LogP contribution is -2.21. The summed E-state index contributed by atoms with van der Waals surface area (Å²) >= 11 is 8.92. The van der Waals surface area contributed by atoms with E-state index in [2.05, 4.69) is 15.9 Å². The van der Waals surface area contributed by atoms with E-state index in [0.717, 1.165) is 0 Å². The molecule has 0 heterocycles. The first kappa shape index (κ1) is 11.3. The van der Waals surface area contributed by atoms with Crippen molar-refractivity contribution >= 4 is 39.2 Å². The van der Waals surface area contributed by atoms with Crippen molar-refractivity contribution in [2.75, 3.05) is 5.73 Å². The van der Waals surface area contributed by atoms with E-state index in [1.54, 1.807) is 0 Å². The van der Waals surface area contributed by atoms with Crippen molar-refractivity contribution in [3.05, 3.63) is 27.2 Å². The Morgan fingerprint density at radius 2 is 2.14 bits per heavy atom. The number of anilines is 1. The van der Waals surface area contributed by atoms with Crippen LogP contribution in [-0.2, 0) is 4.79 Å². The van der Waals surface area contributed by atoms with Crippen LogP contribution in [-0.4, -0.2) is 11.1 Å². The zero-order valence-corrected chi connectivity index (χ0v) is 9.34. The molecular weight excluding hydrogens is 271 g/mol. The van der Waals surface area contributed by atoms with E-state index in [4.69, 9.17) is 28.2 Å². The monoisotopic (exact) mass is 278 g/mol. The summed E-state index contributed by atoms with van der Waals surface area (Å²) in [5, 5.41) is 9.11. The fourth-order valence-electron chi connectivity index (χ4n) is 0.980. The third kappa shape index (κ3) is 2.17. The molecule has 0 aliphatic rings. The molecule has 1 atom stereocenters. The molecule has 1 rings (SSSR count). The van der Waals surface area contributed by atoms with Crippen molar-refractivity contribution in [3.8, 4) is 0 Å². The second kappa shape index (κ2) is 4.16. The Hall–Kier alpha value is -0.780. The van der Waals surface area contributed by atoms with Crippen LogP contribution in [0.1, 0.15) is 11.6 Å². The largest absolute Gasteiger partial charge is 0.480 e. The Morgan fingerprint density at radius 1 is 1.57 bits per heavy atom. The van der Waals surface area contributed by atoms with E-state index in [-0.39, 0.29) is 5.69 Å². The van der Waals surface area contributed by atoms with Gasteiger partial charge in [0.25, 0.3) is 0 Å². The fraction of sp³-hybridized carbons (Fsp3) is 0.125. The Morgan fingerprint density at radius 3 is 2.64 bits per heavy atom. The van der Waals surface area contributed by atoms with Gasteiger partial charge in [-0.3, -0.25) is 4.79 Å². The maximum absolute atomic E-state index is 10.6. The van der Waals surface area contributed by atoms with Crippen molar-refractivity contribution in [2.24, 2.45) is 5.73 Å². The highest BCUT2D eigenvalue weighted by molar-refractivity contribution is 9.10. The molecule has 1 aromatic carbocycles. The minimum atomic E-state index is -1.14. The molecule has 0 spiro atoms. The zero-order chi connectivity index (χ0) is 10.9. The highest BCUT2D eigenvalue weighted by Gasteiger charge is 2.18. The molecule has 6 heteroatoms. The normalized spacial score (nSPS) is 12.5. The number of nitrogen functional groups attached to an aromatic ring is 1. The topological polar surface area (TPSA) is 89.3 Å². The third-order valence-electron chi connectivity index (χ3n) is 1.73. The number of carboxylic acids is 1. The summed E-state index contributed by atoms with van der Waals surface area (Å²) in [5.74, 6) is -1.13. The van der Waals surface area contributed by atoms with E-state index < -0.39 is 12.0 Å². The predicted octanol–water partition coefficient (Wildman–Crippen LogP) is 1.77. The van der Waals surface area contributed by atoms with Crippen molar-refractivity contribution in [1.29, 1.82) is 0 Å². The lowest BCUT2D eigenvalue weighted by Gasteiger charge is -2.11. The Balaban J connectivity index is 3.22. The molecule has 0 aromatic heterocycles. The van der Waals surface area contributed by atoms with Gasteiger partial charge in [-0.25, -0.2) is 0 Å². The maximum atomic E-state index is 10.6. The molecule has 14 heavy (non-hydrogen) atoms. The van der Waals surface area contributed by atoms with Gasteiger partial charge in [0.15, 0.2) is 0 Å². The molecule has 0 radical (unpaired) electrons. The van der Waals surface area contributed by atoms with E-state index >= 15 is 0 Å². The van der Waals surface area contributed by atoms with Crippen LogP contribution in [0.25, 0.3) is 0 Å². The van der Waals surface area contributed by atoms with Crippen molar-refractivity contribution in [1.82, 2.24) is 0 Å². The van der Waals surface area contributed by atoms with Crippen molar-refractivity contribution in [2.45, 2.75) is 6.04 Å². The quantitative estimate of drug-likeness (QED) is 0.720. The van der Waals surface area contributed by atoms with Crippen LogP contribution in [0, 0.1) is 0 Å². The zero-order valence-electron chi connectivity index (χ0n) is 7.00. The lowest BCUT2D eigenvalue weighted by atomic mass is 10.1. The average Bonchev–Trinajstić information content (AvgIpc) is 2.10. The first-order valence-corrected chi connectivity index (χ1v) is 4.83. The number of carboxylic acid groups (broad SMARTS) is 1. The van der Waals surface area contributed by atoms with Crippen molar-refractivity contribution < 1.29 is 9.90 Å². The van der Waals surface area contributed by atoms with E-state index in [9.17, 15) is 4.79 Å². The number of halogens is 2. The molecule has 1 aromatic rings. The summed E-state index contributed by atoms with van der Waals surface area (Å²) < 4.78 is 0.570. The standard InChI is InChI=1S/C8H8BrClN2O2/c9-4-1-3(7(12)8(13)14)6(11)2-5(4)10/h1-2,7H,11-12H2,(H,13,14)/t7-/m1/s1. The number of benzene rings is 1. The van der Waals surface area contributed by atoms with Gasteiger partial charge in [0.2, 0.25) is 0 Å². The molecule has 76 valence electrons. The summed E-state index contributed by atoms with van der Waals surface area (Å²) in [6.07, 6.45) is 0. The van der Waals surface area contributed by atoms with Gasteiger partial charge in [-0.2, -0.15) is 0 Å². The van der Waals surface area contributed by atoms with Crippen LogP contribution in [0.5, 0.6) is 0 Å². The first-order valence-electron chi connectivity index (χ1n) is 3.66. The van der Waals surface area contributed by atoms with Crippen LogP contribution in [0.4, 0.5) is 5.69 Å². The van der Waals surface area contributed by atoms with Crippen LogP contribution in [0.2, 0.25) is 5.02 Å². The number of carbonyl (C=O) groups is 1. The molecule has 0 aliphatic carbocycles. The molecule has 0 bridgehead atoms. The van der Waals surface area contributed by atoms with E-state index in [0.29, 0.717) is 15.1 Å². The smallest absolute Gasteiger partial charge is 0.325 e. The number of hydrogen-bond donors (Lipinski definition) is 3. The summed E-state index contributed by atoms with van der Waals surface area (Å²) in [6.45, 7) is 0. The Bertz CT molecular complexity index is 384. The first-order chi connectivity index (χ1) is 6.43. The fourth-order valence-corrected chi connectivity index (χ4v) is 1.51. The molecule has 0 amide bonds. The van der Waals surface area contributed by atoms with E-state index in [1.807, 2.05) is 0 Å². The molecule has 0 unspecified atom stereocenters. The minimum absolute atomic E-state index is 0.271. The van der Waals surface area contributed by atoms with Gasteiger partial charge in [0.05, 0.1) is 5.02 Å². The SMILES string of the molecule is Nc1cc(Cl)c(Br)cc1[C@@H](N)C(=O)O. The lowest BCUT2D eigenvalue weighted by molar-refractivity contribution is -0.138. The van der Waals surface area contributed by atoms with Gasteiger partial charge in [0, 0.05) is 15.7 Å². The highest BCUT2D eigenvalue weighted by Crippen LogP contribution is 2.30. The molecule has 0 saturated heterocycles. The van der Waals surface area contributed by atoms with Gasteiger partial charge in [-0.15, -0.1) is 0 Å². The van der Waals surface area contributed by atoms with Crippen LogP contribution >= 0.6 is 27.5 Å². The third-order valence-corrected chi connectivity index (χ3v) is 2.92. The number of hydrogen-bond acceptors (Lipinski definition) is 3. The van der Waals surface area contributed by atoms with Crippen molar-refractivity contribution in [3.63, 3.8) is 0 Å². The van der Waals surface area contributed by atoms with Crippen LogP contribution in [0.15, 0.2) is 16.6 Å². The molecule has 5 N–H and O–H groups in total. The average molecular weight is 280 g/mol. The van der Waals surface area contributed by atoms with Gasteiger partial charge >= 0.3 is 5.97 Å². The summed E-state index contributed by atoms with van der Waals surface area (Å²) in [7, 11) is 0. The number of aliphatic carboxylic acids is 1. The van der Waals surface area contributed by atoms with Gasteiger partial charge < -0.3 is 16.6 Å². The summed E-state index contributed by atoms with van der Waals surface area (Å²) in [5.41, 5.74) is 11.6. The summed E-state index contributed by atoms with van der Waals surface area (Å²) in [4.78, 5) is 10.6. The second-order valence-electron chi connectivity index (χ2n) is 2.71. The molecule has 0 fully saturated rings. The molecule has 0 saturated carbocycles. The number of rotatable bonds is 2. The maximum Gasteiger partial charge on any atom is 0.325 e. The van der Waals surface area contributed by atoms with Gasteiger partial charge in [-0.1, -0.05) is 11.6 Å². The number of nitrogens with two attached hydrogens (primary N) is 2. The van der Waals surface area contributed by atoms with Gasteiger partial charge in [-0.05, 0) is 28.1 Å². The Labute approximate surface area is 94.0 Å². The van der Waals surface area contributed by atoms with Crippen LogP contribution < -0.4 is 11.5 Å². The van der Waals surface area contributed by atoms with Crippen LogP contribution in [0.3, 0.4) is 0 Å². The second-order valence-corrected chi connectivity index (χ2v) is 3.97. The summed E-state index contributed by atoms with van der Waals surface area (Å²) in [6, 6.07) is 1.84. The highest BCUT2D eigenvalue weighted by atomic mass is 79.9. The predicted molar refractivity (Wildman–Crippen MR) is 58.1 cm³/mol. The molecular formula is C8H8BrClN2O2. The minimum Gasteiger partial charge on any atom is -0.480 e. The Kier molecular flexibility index (Phi) is 3.36. The van der Waals surface area contributed by atoms with E-state index in [1.165, 1.54) is 12.1 Å².